The monoisotopic (exact) mass is 242 g/mol. The third-order valence-corrected chi connectivity index (χ3v) is 4.61. The van der Waals surface area contributed by atoms with Crippen LogP contribution in [0.5, 0.6) is 0 Å². The van der Waals surface area contributed by atoms with Gasteiger partial charge in [-0.1, -0.05) is 75.6 Å². The molecule has 0 saturated carbocycles. The molecule has 0 fully saturated rings. The molecular weight excluding hydrogens is 216 g/mol. The third kappa shape index (κ3) is 3.04. The second-order valence-corrected chi connectivity index (χ2v) is 5.81. The maximum Gasteiger partial charge on any atom is 0.00233 e. The first-order chi connectivity index (χ1) is 8.79. The molecule has 0 N–H and O–H groups in total. The van der Waals surface area contributed by atoms with Crippen LogP contribution in [0.1, 0.15) is 63.9 Å². The largest absolute Gasteiger partial charge is 0.0874 e. The van der Waals surface area contributed by atoms with Crippen molar-refractivity contribution < 1.29 is 0 Å². The Hall–Kier alpha value is -1.04. The fourth-order valence-electron chi connectivity index (χ4n) is 3.25. The minimum Gasteiger partial charge on any atom is -0.0874 e. The van der Waals surface area contributed by atoms with Crippen molar-refractivity contribution in [2.45, 2.75) is 58.3 Å². The van der Waals surface area contributed by atoms with Gasteiger partial charge in [0.2, 0.25) is 0 Å². The first-order valence-corrected chi connectivity index (χ1v) is 7.51. The smallest absolute Gasteiger partial charge is 0.00233 e. The lowest BCUT2D eigenvalue weighted by Crippen LogP contribution is -2.24. The summed E-state index contributed by atoms with van der Waals surface area (Å²) >= 11 is 0. The average molecular weight is 242 g/mol. The van der Waals surface area contributed by atoms with Crippen LogP contribution in [0.25, 0.3) is 0 Å². The quantitative estimate of drug-likeness (QED) is 0.580. The van der Waals surface area contributed by atoms with E-state index in [0.717, 1.165) is 0 Å². The Kier molecular flexibility index (Phi) is 4.63. The highest BCUT2D eigenvalue weighted by Crippen LogP contribution is 2.45. The van der Waals surface area contributed by atoms with Crippen molar-refractivity contribution >= 4 is 0 Å². The zero-order valence-electron chi connectivity index (χ0n) is 11.9. The van der Waals surface area contributed by atoms with E-state index in [9.17, 15) is 0 Å². The van der Waals surface area contributed by atoms with Gasteiger partial charge in [-0.25, -0.2) is 0 Å². The second kappa shape index (κ2) is 6.22. The molecule has 0 aliphatic heterocycles. The van der Waals surface area contributed by atoms with E-state index < -0.39 is 0 Å². The highest BCUT2D eigenvalue weighted by Gasteiger charge is 2.32. The molecule has 0 heterocycles. The lowest BCUT2D eigenvalue weighted by Gasteiger charge is -2.38. The first-order valence-electron chi connectivity index (χ1n) is 7.51. The van der Waals surface area contributed by atoms with Crippen LogP contribution in [0, 0.1) is 5.41 Å². The molecule has 2 unspecified atom stereocenters. The number of hydrogen-bond acceptors (Lipinski definition) is 0. The van der Waals surface area contributed by atoms with Crippen LogP contribution in [0.4, 0.5) is 0 Å². The van der Waals surface area contributed by atoms with Crippen LogP contribution in [-0.4, -0.2) is 0 Å². The summed E-state index contributed by atoms with van der Waals surface area (Å²) in [7, 11) is 0. The predicted molar refractivity (Wildman–Crippen MR) is 79.8 cm³/mol. The average Bonchev–Trinajstić information content (AvgIpc) is 2.46. The molecule has 0 bridgehead atoms. The lowest BCUT2D eigenvalue weighted by atomic mass is 9.67. The van der Waals surface area contributed by atoms with Crippen molar-refractivity contribution in [1.82, 2.24) is 0 Å². The molecule has 0 nitrogen and oxygen atoms in total. The standard InChI is InChI=1S/C18H26/c1-3-5-13-18(4-2)14-9-12-17(15-18)16-10-7-6-8-11-16/h6-12,17H,3-5,13-15H2,1-2H3. The first kappa shape index (κ1) is 13.4. The summed E-state index contributed by atoms with van der Waals surface area (Å²) in [6.45, 7) is 4.67. The van der Waals surface area contributed by atoms with Gasteiger partial charge in [0.25, 0.3) is 0 Å². The van der Waals surface area contributed by atoms with E-state index in [4.69, 9.17) is 0 Å². The molecule has 18 heavy (non-hydrogen) atoms. The van der Waals surface area contributed by atoms with Crippen LogP contribution >= 0.6 is 0 Å². The Bertz CT molecular complexity index is 376. The lowest BCUT2D eigenvalue weighted by molar-refractivity contribution is 0.206. The molecule has 1 aromatic rings. The Labute approximate surface area is 112 Å². The molecule has 0 saturated heterocycles. The molecule has 0 spiro atoms. The summed E-state index contributed by atoms with van der Waals surface area (Å²) in [4.78, 5) is 0. The van der Waals surface area contributed by atoms with Crippen LogP contribution in [0.2, 0.25) is 0 Å². The van der Waals surface area contributed by atoms with E-state index in [1.807, 2.05) is 0 Å². The van der Waals surface area contributed by atoms with Gasteiger partial charge in [-0.15, -0.1) is 0 Å². The van der Waals surface area contributed by atoms with Crippen molar-refractivity contribution in [3.05, 3.63) is 48.0 Å². The minimum atomic E-state index is 0.561. The van der Waals surface area contributed by atoms with Gasteiger partial charge in [-0.2, -0.15) is 0 Å². The Morgan fingerprint density at radius 1 is 1.17 bits per heavy atom. The number of unbranched alkanes of at least 4 members (excludes halogenated alkanes) is 1. The number of hydrogen-bond donors (Lipinski definition) is 0. The van der Waals surface area contributed by atoms with Crippen LogP contribution in [0.3, 0.4) is 0 Å². The molecule has 98 valence electrons. The molecule has 1 aliphatic rings. The van der Waals surface area contributed by atoms with Gasteiger partial charge in [0.15, 0.2) is 0 Å². The van der Waals surface area contributed by atoms with Crippen molar-refractivity contribution in [2.24, 2.45) is 5.41 Å². The maximum atomic E-state index is 2.43. The summed E-state index contributed by atoms with van der Waals surface area (Å²) in [5, 5.41) is 0. The normalized spacial score (nSPS) is 27.3. The maximum absolute atomic E-state index is 2.43. The van der Waals surface area contributed by atoms with Gasteiger partial charge in [0.05, 0.1) is 0 Å². The highest BCUT2D eigenvalue weighted by atomic mass is 14.4. The molecule has 0 aromatic heterocycles. The van der Waals surface area contributed by atoms with E-state index in [2.05, 4.69) is 56.3 Å². The molecule has 1 aliphatic carbocycles. The van der Waals surface area contributed by atoms with Crippen molar-refractivity contribution in [3.8, 4) is 0 Å². The summed E-state index contributed by atoms with van der Waals surface area (Å²) in [6, 6.07) is 11.0. The third-order valence-electron chi connectivity index (χ3n) is 4.61. The Balaban J connectivity index is 2.12. The van der Waals surface area contributed by atoms with E-state index in [1.165, 1.54) is 44.1 Å². The van der Waals surface area contributed by atoms with Crippen LogP contribution < -0.4 is 0 Å². The summed E-state index contributed by atoms with van der Waals surface area (Å²) in [5.74, 6) is 0.636. The van der Waals surface area contributed by atoms with Gasteiger partial charge in [-0.3, -0.25) is 0 Å². The number of benzene rings is 1. The van der Waals surface area contributed by atoms with Crippen molar-refractivity contribution in [2.75, 3.05) is 0 Å². The van der Waals surface area contributed by atoms with Gasteiger partial charge in [-0.05, 0) is 30.2 Å². The summed E-state index contributed by atoms with van der Waals surface area (Å²) < 4.78 is 0. The van der Waals surface area contributed by atoms with Crippen molar-refractivity contribution in [1.29, 1.82) is 0 Å². The molecule has 0 radical (unpaired) electrons. The molecule has 0 heteroatoms. The zero-order valence-corrected chi connectivity index (χ0v) is 11.9. The molecule has 1 aromatic carbocycles. The zero-order chi connectivity index (χ0) is 12.8. The SMILES string of the molecule is CCCCC1(CC)CC=CC(c2ccccc2)C1. The molecule has 2 atom stereocenters. The minimum absolute atomic E-state index is 0.561. The Morgan fingerprint density at radius 3 is 2.61 bits per heavy atom. The van der Waals surface area contributed by atoms with Gasteiger partial charge >= 0.3 is 0 Å². The molecule has 0 amide bonds. The van der Waals surface area contributed by atoms with E-state index in [0.29, 0.717) is 11.3 Å². The van der Waals surface area contributed by atoms with Crippen LogP contribution in [-0.2, 0) is 0 Å². The van der Waals surface area contributed by atoms with E-state index >= 15 is 0 Å². The highest BCUT2D eigenvalue weighted by molar-refractivity contribution is 5.26. The fraction of sp³-hybridized carbons (Fsp3) is 0.556. The second-order valence-electron chi connectivity index (χ2n) is 5.81. The Morgan fingerprint density at radius 2 is 1.94 bits per heavy atom. The van der Waals surface area contributed by atoms with Crippen molar-refractivity contribution in [3.63, 3.8) is 0 Å². The van der Waals surface area contributed by atoms with Gasteiger partial charge < -0.3 is 0 Å². The van der Waals surface area contributed by atoms with E-state index in [-0.39, 0.29) is 0 Å². The number of rotatable bonds is 5. The summed E-state index contributed by atoms with van der Waals surface area (Å²) in [6.07, 6.45) is 12.9. The van der Waals surface area contributed by atoms with Crippen LogP contribution in [0.15, 0.2) is 42.5 Å². The molecule has 2 rings (SSSR count). The topological polar surface area (TPSA) is 0 Å². The summed E-state index contributed by atoms with van der Waals surface area (Å²) in [5.41, 5.74) is 2.05. The predicted octanol–water partition coefficient (Wildman–Crippen LogP) is 5.71. The van der Waals surface area contributed by atoms with Gasteiger partial charge in [0, 0.05) is 5.92 Å². The fourth-order valence-corrected chi connectivity index (χ4v) is 3.25. The van der Waals surface area contributed by atoms with E-state index in [1.54, 1.807) is 0 Å². The molecular formula is C18H26. The van der Waals surface area contributed by atoms with Gasteiger partial charge in [0.1, 0.15) is 0 Å². The number of allylic oxidation sites excluding steroid dienone is 2.